The molecule has 3 amide bonds. The van der Waals surface area contributed by atoms with Crippen molar-refractivity contribution in [3.8, 4) is 5.75 Å². The number of methoxy groups -OCH3 is 1. The molecule has 11 heteroatoms. The summed E-state index contributed by atoms with van der Waals surface area (Å²) in [7, 11) is -1.92. The molecule has 2 atom stereocenters. The molecule has 0 radical (unpaired) electrons. The van der Waals surface area contributed by atoms with Crippen LogP contribution < -0.4 is 10.1 Å². The summed E-state index contributed by atoms with van der Waals surface area (Å²) >= 11 is 0. The molecule has 0 aromatic heterocycles. The van der Waals surface area contributed by atoms with E-state index in [4.69, 9.17) is 9.73 Å². The van der Waals surface area contributed by atoms with Crippen molar-refractivity contribution in [2.24, 2.45) is 4.99 Å². The van der Waals surface area contributed by atoms with Gasteiger partial charge in [0.1, 0.15) is 30.0 Å². The summed E-state index contributed by atoms with van der Waals surface area (Å²) in [6.45, 7) is 0.475. The molecule has 202 valence electrons. The van der Waals surface area contributed by atoms with Crippen LogP contribution in [0.2, 0.25) is 0 Å². The van der Waals surface area contributed by atoms with E-state index in [-0.39, 0.29) is 17.3 Å². The molecule has 0 spiro atoms. The normalized spacial score (nSPS) is 19.5. The number of amidine groups is 1. The minimum absolute atomic E-state index is 0.127. The van der Waals surface area contributed by atoms with Crippen LogP contribution in [0.15, 0.2) is 82.7 Å². The first-order valence-electron chi connectivity index (χ1n) is 12.3. The molecular formula is C28H27FN4O5S. The second kappa shape index (κ2) is 10.5. The molecule has 2 aliphatic rings. The van der Waals surface area contributed by atoms with Crippen LogP contribution in [-0.4, -0.2) is 69.0 Å². The van der Waals surface area contributed by atoms with E-state index >= 15 is 0 Å². The summed E-state index contributed by atoms with van der Waals surface area (Å²) in [6.07, 6.45) is 1.13. The lowest BCUT2D eigenvalue weighted by Crippen LogP contribution is -2.55. The minimum Gasteiger partial charge on any atom is -0.496 e. The standard InChI is InChI=1S/C28H27FN4O5S/c1-38-23-9-4-3-8-22(23)27-31-25(18-10-12-21(13-11-18)39(2,36)37)26(19-6-5-7-20(29)16-19)33(27)28(35)32-15-14-30-24(34)17-32/h3-13,16,25-26H,14-15,17H2,1-2H3,(H,30,34). The lowest BCUT2D eigenvalue weighted by atomic mass is 9.93. The lowest BCUT2D eigenvalue weighted by molar-refractivity contribution is -0.123. The van der Waals surface area contributed by atoms with Crippen molar-refractivity contribution in [3.05, 3.63) is 95.3 Å². The monoisotopic (exact) mass is 550 g/mol. The number of nitrogens with one attached hydrogen (secondary N) is 1. The molecule has 2 unspecified atom stereocenters. The molecule has 0 bridgehead atoms. The van der Waals surface area contributed by atoms with Crippen molar-refractivity contribution in [2.75, 3.05) is 33.0 Å². The van der Waals surface area contributed by atoms with E-state index in [2.05, 4.69) is 5.32 Å². The molecule has 5 rings (SSSR count). The van der Waals surface area contributed by atoms with Gasteiger partial charge < -0.3 is 15.0 Å². The zero-order valence-electron chi connectivity index (χ0n) is 21.4. The van der Waals surface area contributed by atoms with E-state index in [1.54, 1.807) is 48.5 Å². The van der Waals surface area contributed by atoms with E-state index in [1.165, 1.54) is 41.2 Å². The van der Waals surface area contributed by atoms with Crippen LogP contribution in [0, 0.1) is 5.82 Å². The predicted molar refractivity (Wildman–Crippen MR) is 143 cm³/mol. The van der Waals surface area contributed by atoms with E-state index in [1.807, 2.05) is 0 Å². The van der Waals surface area contributed by atoms with Gasteiger partial charge in [0, 0.05) is 19.3 Å². The first kappa shape index (κ1) is 26.4. The molecule has 1 saturated heterocycles. The molecule has 39 heavy (non-hydrogen) atoms. The van der Waals surface area contributed by atoms with Gasteiger partial charge in [0.25, 0.3) is 0 Å². The number of para-hydroxylation sites is 1. The SMILES string of the molecule is COc1ccccc1C1=NC(c2ccc(S(C)(=O)=O)cc2)C(c2cccc(F)c2)N1C(=O)N1CCNC(=O)C1. The number of sulfone groups is 1. The Balaban J connectivity index is 1.70. The fourth-order valence-corrected chi connectivity index (χ4v) is 5.55. The summed E-state index contributed by atoms with van der Waals surface area (Å²) in [5, 5.41) is 2.72. The predicted octanol–water partition coefficient (Wildman–Crippen LogP) is 3.33. The Bertz CT molecular complexity index is 1560. The number of hydrogen-bond donors (Lipinski definition) is 1. The van der Waals surface area contributed by atoms with Crippen LogP contribution in [0.4, 0.5) is 9.18 Å². The highest BCUT2D eigenvalue weighted by molar-refractivity contribution is 7.90. The number of rotatable bonds is 5. The van der Waals surface area contributed by atoms with Crippen LogP contribution in [0.25, 0.3) is 0 Å². The average Bonchev–Trinajstić information content (AvgIpc) is 3.32. The zero-order chi connectivity index (χ0) is 27.7. The molecule has 0 saturated carbocycles. The maximum Gasteiger partial charge on any atom is 0.326 e. The van der Waals surface area contributed by atoms with Gasteiger partial charge in [0.2, 0.25) is 5.91 Å². The Morgan fingerprint density at radius 2 is 1.79 bits per heavy atom. The number of piperazine rings is 1. The Morgan fingerprint density at radius 3 is 2.46 bits per heavy atom. The summed E-state index contributed by atoms with van der Waals surface area (Å²) < 4.78 is 44.2. The third-order valence-corrected chi connectivity index (χ3v) is 7.90. The number of halogens is 1. The summed E-state index contributed by atoms with van der Waals surface area (Å²) in [5.74, 6) is 0.0281. The van der Waals surface area contributed by atoms with Crippen molar-refractivity contribution in [1.29, 1.82) is 0 Å². The summed E-state index contributed by atoms with van der Waals surface area (Å²) in [6, 6.07) is 17.4. The first-order valence-corrected chi connectivity index (χ1v) is 14.2. The van der Waals surface area contributed by atoms with Gasteiger partial charge in [-0.05, 0) is 47.5 Å². The van der Waals surface area contributed by atoms with Crippen LogP contribution in [0.1, 0.15) is 28.8 Å². The van der Waals surface area contributed by atoms with Crippen molar-refractivity contribution >= 4 is 27.6 Å². The highest BCUT2D eigenvalue weighted by atomic mass is 32.2. The number of urea groups is 1. The average molecular weight is 551 g/mol. The lowest BCUT2D eigenvalue weighted by Gasteiger charge is -2.35. The third kappa shape index (κ3) is 5.22. The fourth-order valence-electron chi connectivity index (χ4n) is 4.92. The number of ether oxygens (including phenoxy) is 1. The van der Waals surface area contributed by atoms with Gasteiger partial charge in [-0.2, -0.15) is 0 Å². The molecule has 2 aliphatic heterocycles. The maximum atomic E-state index is 14.5. The number of carbonyl (C=O) groups excluding carboxylic acids is 2. The smallest absolute Gasteiger partial charge is 0.326 e. The van der Waals surface area contributed by atoms with E-state index in [9.17, 15) is 22.4 Å². The van der Waals surface area contributed by atoms with Gasteiger partial charge in [0.15, 0.2) is 9.84 Å². The van der Waals surface area contributed by atoms with Crippen molar-refractivity contribution in [2.45, 2.75) is 17.0 Å². The maximum absolute atomic E-state index is 14.5. The number of carbonyl (C=O) groups is 2. The highest BCUT2D eigenvalue weighted by Gasteiger charge is 2.45. The second-order valence-electron chi connectivity index (χ2n) is 9.36. The van der Waals surface area contributed by atoms with Crippen LogP contribution in [-0.2, 0) is 14.6 Å². The molecule has 2 heterocycles. The minimum atomic E-state index is -3.43. The van der Waals surface area contributed by atoms with Crippen molar-refractivity contribution in [3.63, 3.8) is 0 Å². The fraction of sp³-hybridized carbons (Fsp3) is 0.250. The summed E-state index contributed by atoms with van der Waals surface area (Å²) in [5.41, 5.74) is 1.68. The third-order valence-electron chi connectivity index (χ3n) is 6.77. The van der Waals surface area contributed by atoms with E-state index < -0.39 is 33.8 Å². The van der Waals surface area contributed by atoms with Gasteiger partial charge in [-0.1, -0.05) is 36.4 Å². The summed E-state index contributed by atoms with van der Waals surface area (Å²) in [4.78, 5) is 34.3. The molecule has 1 N–H and O–H groups in total. The van der Waals surface area contributed by atoms with Crippen molar-refractivity contribution in [1.82, 2.24) is 15.1 Å². The molecule has 3 aromatic carbocycles. The number of nitrogens with zero attached hydrogens (tertiary/aromatic N) is 3. The quantitative estimate of drug-likeness (QED) is 0.524. The Hall–Kier alpha value is -4.25. The molecular weight excluding hydrogens is 523 g/mol. The van der Waals surface area contributed by atoms with Crippen LogP contribution >= 0.6 is 0 Å². The molecule has 1 fully saturated rings. The number of amides is 3. The van der Waals surface area contributed by atoms with Crippen molar-refractivity contribution < 1.29 is 27.1 Å². The second-order valence-corrected chi connectivity index (χ2v) is 11.4. The Kier molecular flexibility index (Phi) is 7.09. The number of hydrogen-bond acceptors (Lipinski definition) is 6. The van der Waals surface area contributed by atoms with Crippen LogP contribution in [0.3, 0.4) is 0 Å². The topological polar surface area (TPSA) is 108 Å². The largest absolute Gasteiger partial charge is 0.496 e. The highest BCUT2D eigenvalue weighted by Crippen LogP contribution is 2.45. The number of benzene rings is 3. The Labute approximate surface area is 225 Å². The molecule has 9 nitrogen and oxygen atoms in total. The number of aliphatic imine (C=N–C) groups is 1. The van der Waals surface area contributed by atoms with Crippen LogP contribution in [0.5, 0.6) is 5.75 Å². The zero-order valence-corrected chi connectivity index (χ0v) is 22.2. The van der Waals surface area contributed by atoms with Gasteiger partial charge in [0.05, 0.1) is 23.6 Å². The first-order chi connectivity index (χ1) is 18.7. The van der Waals surface area contributed by atoms with E-state index in [0.29, 0.717) is 41.4 Å². The Morgan fingerprint density at radius 1 is 1.05 bits per heavy atom. The molecule has 0 aliphatic carbocycles. The van der Waals surface area contributed by atoms with Gasteiger partial charge in [-0.15, -0.1) is 0 Å². The van der Waals surface area contributed by atoms with Gasteiger partial charge in [-0.25, -0.2) is 17.6 Å². The van der Waals surface area contributed by atoms with Gasteiger partial charge in [-0.3, -0.25) is 14.7 Å². The van der Waals surface area contributed by atoms with E-state index in [0.717, 1.165) is 6.26 Å². The van der Waals surface area contributed by atoms with Gasteiger partial charge >= 0.3 is 6.03 Å². The molecule has 3 aromatic rings.